The molecule has 1 amide bonds. The van der Waals surface area contributed by atoms with Crippen molar-refractivity contribution >= 4 is 23.2 Å². The van der Waals surface area contributed by atoms with Crippen molar-refractivity contribution < 1.29 is 18.3 Å². The average molecular weight is 374 g/mol. The number of anilines is 1. The van der Waals surface area contributed by atoms with Crippen LogP contribution in [0.4, 0.5) is 10.1 Å². The molecule has 132 valence electrons. The minimum absolute atomic E-state index is 0.00442. The van der Waals surface area contributed by atoms with E-state index in [1.165, 1.54) is 12.1 Å². The van der Waals surface area contributed by atoms with Crippen LogP contribution in [0, 0.1) is 5.82 Å². The number of hydrogen-bond acceptors (Lipinski definition) is 4. The molecular weight excluding hydrogens is 361 g/mol. The molecule has 7 heteroatoms. The number of carbonyl (C=O) groups excluding carboxylic acids is 1. The van der Waals surface area contributed by atoms with Gasteiger partial charge in [0, 0.05) is 11.8 Å². The second kappa shape index (κ2) is 7.84. The maximum Gasteiger partial charge on any atom is 0.291 e. The molecule has 3 rings (SSSR count). The van der Waals surface area contributed by atoms with Gasteiger partial charge in [0.25, 0.3) is 5.91 Å². The molecule has 3 aromatic rings. The molecule has 26 heavy (non-hydrogen) atoms. The van der Waals surface area contributed by atoms with Crippen LogP contribution in [0.3, 0.4) is 0 Å². The summed E-state index contributed by atoms with van der Waals surface area (Å²) in [5.41, 5.74) is 0.671. The number of nitrogens with one attached hydrogen (secondary N) is 1. The van der Waals surface area contributed by atoms with E-state index in [0.29, 0.717) is 0 Å². The molecule has 1 aromatic heterocycles. The van der Waals surface area contributed by atoms with Gasteiger partial charge in [-0.2, -0.15) is 0 Å². The summed E-state index contributed by atoms with van der Waals surface area (Å²) in [5.74, 6) is -1.48. The molecule has 0 bridgehead atoms. The van der Waals surface area contributed by atoms with E-state index >= 15 is 0 Å². The predicted octanol–water partition coefficient (Wildman–Crippen LogP) is 4.26. The minimum atomic E-state index is -0.667. The zero-order valence-electron chi connectivity index (χ0n) is 13.4. The first-order valence-electron chi connectivity index (χ1n) is 7.59. The van der Waals surface area contributed by atoms with Crippen LogP contribution in [-0.4, -0.2) is 5.91 Å². The molecule has 0 saturated carbocycles. The summed E-state index contributed by atoms with van der Waals surface area (Å²) in [4.78, 5) is 24.2. The molecule has 0 unspecified atom stereocenters. The van der Waals surface area contributed by atoms with Crippen LogP contribution >= 0.6 is 11.6 Å². The molecule has 0 spiro atoms. The van der Waals surface area contributed by atoms with Crippen LogP contribution in [-0.2, 0) is 6.61 Å². The summed E-state index contributed by atoms with van der Waals surface area (Å²) >= 11 is 5.66. The predicted molar refractivity (Wildman–Crippen MR) is 95.1 cm³/mol. The van der Waals surface area contributed by atoms with Gasteiger partial charge in [-0.05, 0) is 23.8 Å². The highest BCUT2D eigenvalue weighted by Crippen LogP contribution is 2.20. The molecule has 0 aliphatic carbocycles. The molecule has 2 aromatic carbocycles. The molecular formula is C19H13ClFNO4. The van der Waals surface area contributed by atoms with E-state index in [1.807, 2.05) is 30.3 Å². The summed E-state index contributed by atoms with van der Waals surface area (Å²) < 4.78 is 23.7. The van der Waals surface area contributed by atoms with Gasteiger partial charge in [0.2, 0.25) is 11.2 Å². The second-order valence-electron chi connectivity index (χ2n) is 5.33. The van der Waals surface area contributed by atoms with Gasteiger partial charge in [-0.3, -0.25) is 9.59 Å². The SMILES string of the molecule is O=C(Nc1ccc(F)c(Cl)c1)c1cc(=O)c(OCc2ccccc2)co1. The van der Waals surface area contributed by atoms with Crippen LogP contribution in [0.5, 0.6) is 5.75 Å². The van der Waals surface area contributed by atoms with Crippen LogP contribution < -0.4 is 15.5 Å². The lowest BCUT2D eigenvalue weighted by molar-refractivity contribution is 0.0993. The van der Waals surface area contributed by atoms with Crippen molar-refractivity contribution in [2.45, 2.75) is 6.61 Å². The fourth-order valence-corrected chi connectivity index (χ4v) is 2.31. The van der Waals surface area contributed by atoms with E-state index in [0.717, 1.165) is 24.0 Å². The smallest absolute Gasteiger partial charge is 0.291 e. The Balaban J connectivity index is 1.69. The number of carbonyl (C=O) groups is 1. The molecule has 0 saturated heterocycles. The van der Waals surface area contributed by atoms with Gasteiger partial charge in [0.05, 0.1) is 5.02 Å². The van der Waals surface area contributed by atoms with E-state index in [4.69, 9.17) is 20.8 Å². The van der Waals surface area contributed by atoms with Gasteiger partial charge in [0.15, 0.2) is 5.76 Å². The third kappa shape index (κ3) is 4.29. The van der Waals surface area contributed by atoms with E-state index in [9.17, 15) is 14.0 Å². The number of halogens is 2. The van der Waals surface area contributed by atoms with Crippen LogP contribution in [0.2, 0.25) is 5.02 Å². The Morgan fingerprint density at radius 2 is 1.92 bits per heavy atom. The lowest BCUT2D eigenvalue weighted by Gasteiger charge is -2.07. The molecule has 0 radical (unpaired) electrons. The Morgan fingerprint density at radius 3 is 2.62 bits per heavy atom. The number of ether oxygens (including phenoxy) is 1. The number of hydrogen-bond donors (Lipinski definition) is 1. The van der Waals surface area contributed by atoms with Crippen molar-refractivity contribution in [2.24, 2.45) is 0 Å². The highest BCUT2D eigenvalue weighted by atomic mass is 35.5. The van der Waals surface area contributed by atoms with Gasteiger partial charge in [-0.15, -0.1) is 0 Å². The standard InChI is InChI=1S/C19H13ClFNO4/c20-14-8-13(6-7-15(14)21)22-19(24)17-9-16(23)18(11-26-17)25-10-12-4-2-1-3-5-12/h1-9,11H,10H2,(H,22,24). The second-order valence-corrected chi connectivity index (χ2v) is 5.74. The molecule has 5 nitrogen and oxygen atoms in total. The molecule has 1 N–H and O–H groups in total. The molecule has 1 heterocycles. The summed E-state index contributed by atoms with van der Waals surface area (Å²) in [6.07, 6.45) is 1.08. The lowest BCUT2D eigenvalue weighted by Crippen LogP contribution is -2.15. The Morgan fingerprint density at radius 1 is 1.15 bits per heavy atom. The van der Waals surface area contributed by atoms with E-state index in [1.54, 1.807) is 0 Å². The third-order valence-electron chi connectivity index (χ3n) is 3.44. The zero-order chi connectivity index (χ0) is 18.5. The highest BCUT2D eigenvalue weighted by molar-refractivity contribution is 6.31. The largest absolute Gasteiger partial charge is 0.482 e. The van der Waals surface area contributed by atoms with Crippen molar-refractivity contribution in [1.29, 1.82) is 0 Å². The van der Waals surface area contributed by atoms with Crippen LogP contribution in [0.15, 0.2) is 70.1 Å². The van der Waals surface area contributed by atoms with E-state index in [-0.39, 0.29) is 28.8 Å². The third-order valence-corrected chi connectivity index (χ3v) is 3.73. The molecule has 0 atom stereocenters. The normalized spacial score (nSPS) is 10.4. The van der Waals surface area contributed by atoms with Gasteiger partial charge < -0.3 is 14.5 Å². The van der Waals surface area contributed by atoms with E-state index < -0.39 is 17.2 Å². The van der Waals surface area contributed by atoms with Crippen LogP contribution in [0.1, 0.15) is 16.1 Å². The monoisotopic (exact) mass is 373 g/mol. The minimum Gasteiger partial charge on any atom is -0.482 e. The first-order chi connectivity index (χ1) is 12.5. The Bertz CT molecular complexity index is 988. The maximum atomic E-state index is 13.1. The summed E-state index contributed by atoms with van der Waals surface area (Å²) in [7, 11) is 0. The lowest BCUT2D eigenvalue weighted by atomic mass is 10.2. The zero-order valence-corrected chi connectivity index (χ0v) is 14.1. The Hall–Kier alpha value is -3.12. The number of benzene rings is 2. The van der Waals surface area contributed by atoms with Crippen molar-refractivity contribution in [3.8, 4) is 5.75 Å². The highest BCUT2D eigenvalue weighted by Gasteiger charge is 2.13. The number of amides is 1. The topological polar surface area (TPSA) is 68.5 Å². The van der Waals surface area contributed by atoms with Gasteiger partial charge in [-0.1, -0.05) is 41.9 Å². The van der Waals surface area contributed by atoms with Crippen molar-refractivity contribution in [3.05, 3.63) is 93.2 Å². The first kappa shape index (κ1) is 17.7. The van der Waals surface area contributed by atoms with Gasteiger partial charge in [-0.25, -0.2) is 4.39 Å². The Kier molecular flexibility index (Phi) is 5.34. The van der Waals surface area contributed by atoms with Crippen molar-refractivity contribution in [2.75, 3.05) is 5.32 Å². The van der Waals surface area contributed by atoms with Gasteiger partial charge in [0.1, 0.15) is 18.7 Å². The molecule has 0 aliphatic rings. The quantitative estimate of drug-likeness (QED) is 0.725. The summed E-state index contributed by atoms with van der Waals surface area (Å²) in [6.45, 7) is 0.200. The fourth-order valence-electron chi connectivity index (χ4n) is 2.13. The Labute approximate surface area is 153 Å². The van der Waals surface area contributed by atoms with Gasteiger partial charge >= 0.3 is 0 Å². The summed E-state index contributed by atoms with van der Waals surface area (Å²) in [5, 5.41) is 2.34. The number of rotatable bonds is 5. The molecule has 0 fully saturated rings. The molecule has 0 aliphatic heterocycles. The van der Waals surface area contributed by atoms with E-state index in [2.05, 4.69) is 5.32 Å². The van der Waals surface area contributed by atoms with Crippen LogP contribution in [0.25, 0.3) is 0 Å². The average Bonchev–Trinajstić information content (AvgIpc) is 2.64. The maximum absolute atomic E-state index is 13.1. The van der Waals surface area contributed by atoms with Crippen molar-refractivity contribution in [1.82, 2.24) is 0 Å². The fraction of sp³-hybridized carbons (Fsp3) is 0.0526. The first-order valence-corrected chi connectivity index (χ1v) is 7.97. The summed E-state index contributed by atoms with van der Waals surface area (Å²) in [6, 6.07) is 14.1. The van der Waals surface area contributed by atoms with Crippen molar-refractivity contribution in [3.63, 3.8) is 0 Å².